The first-order valence-corrected chi connectivity index (χ1v) is 6.24. The van der Waals surface area contributed by atoms with Crippen LogP contribution in [0.25, 0.3) is 0 Å². The Kier molecular flexibility index (Phi) is 7.08. The van der Waals surface area contributed by atoms with E-state index >= 15 is 0 Å². The third kappa shape index (κ3) is 8.43. The second-order valence-electron chi connectivity index (χ2n) is 3.32. The number of nitrogens with two attached hydrogens (primary N) is 1. The lowest BCUT2D eigenvalue weighted by Crippen LogP contribution is -2.22. The molecule has 0 amide bonds. The van der Waals surface area contributed by atoms with Crippen molar-refractivity contribution in [2.45, 2.75) is 32.6 Å². The van der Waals surface area contributed by atoms with Crippen LogP contribution < -0.4 is 5.14 Å². The summed E-state index contributed by atoms with van der Waals surface area (Å²) < 4.78 is 25.3. The molecule has 0 aliphatic heterocycles. The smallest absolute Gasteiger partial charge is 0.333 e. The van der Waals surface area contributed by atoms with E-state index in [1.807, 2.05) is 0 Å². The van der Waals surface area contributed by atoms with Crippen LogP contribution in [0.1, 0.15) is 32.6 Å². The molecule has 0 aromatic rings. The number of rotatable bonds is 8. The minimum atomic E-state index is -3.87. The van der Waals surface area contributed by atoms with Crippen LogP contribution >= 0.6 is 0 Å². The molecule has 3 N–H and O–H groups in total. The van der Waals surface area contributed by atoms with Gasteiger partial charge in [-0.15, -0.1) is 0 Å². The maximum atomic E-state index is 10.5. The summed E-state index contributed by atoms with van der Waals surface area (Å²) in [6, 6.07) is 0. The van der Waals surface area contributed by atoms with E-state index in [1.165, 1.54) is 0 Å². The van der Waals surface area contributed by atoms with Crippen LogP contribution in [-0.2, 0) is 14.5 Å². The molecular weight excluding hydrogens is 206 g/mol. The van der Waals surface area contributed by atoms with Crippen molar-refractivity contribution in [1.29, 1.82) is 0 Å². The van der Waals surface area contributed by atoms with Gasteiger partial charge in [-0.25, -0.2) is 5.14 Å². The Morgan fingerprint density at radius 1 is 1.43 bits per heavy atom. The van der Waals surface area contributed by atoms with Crippen molar-refractivity contribution in [3.05, 3.63) is 0 Å². The van der Waals surface area contributed by atoms with Crippen LogP contribution in [0.15, 0.2) is 0 Å². The van der Waals surface area contributed by atoms with Crippen LogP contribution in [0.4, 0.5) is 0 Å². The first kappa shape index (κ1) is 13.8. The summed E-state index contributed by atoms with van der Waals surface area (Å²) in [6.45, 7) is 1.98. The predicted molar refractivity (Wildman–Crippen MR) is 53.8 cm³/mol. The molecule has 0 heterocycles. The van der Waals surface area contributed by atoms with Crippen LogP contribution in [-0.4, -0.2) is 26.7 Å². The number of hydrogen-bond donors (Lipinski definition) is 2. The molecule has 0 aliphatic rings. The molecule has 0 spiro atoms. The molecule has 0 saturated carbocycles. The van der Waals surface area contributed by atoms with Gasteiger partial charge in [0.2, 0.25) is 0 Å². The summed E-state index contributed by atoms with van der Waals surface area (Å²) in [7, 11) is -3.87. The van der Waals surface area contributed by atoms with E-state index in [4.69, 9.17) is 5.11 Å². The van der Waals surface area contributed by atoms with Gasteiger partial charge in [0.1, 0.15) is 0 Å². The quantitative estimate of drug-likeness (QED) is 0.585. The van der Waals surface area contributed by atoms with Gasteiger partial charge in [0.15, 0.2) is 0 Å². The van der Waals surface area contributed by atoms with E-state index in [0.29, 0.717) is 0 Å². The zero-order valence-corrected chi connectivity index (χ0v) is 9.29. The summed E-state index contributed by atoms with van der Waals surface area (Å²) in [5.74, 6) is -0.139. The SMILES string of the molecule is CCCCC[C@@H](CO)COS(N)(=O)=O. The van der Waals surface area contributed by atoms with E-state index in [1.54, 1.807) is 0 Å². The summed E-state index contributed by atoms with van der Waals surface area (Å²) in [6.07, 6.45) is 3.90. The van der Waals surface area contributed by atoms with Gasteiger partial charge in [-0.05, 0) is 6.42 Å². The molecular formula is C8H19NO4S. The molecule has 0 unspecified atom stereocenters. The maximum absolute atomic E-state index is 10.5. The third-order valence-electron chi connectivity index (χ3n) is 1.94. The van der Waals surface area contributed by atoms with Crippen molar-refractivity contribution in [3.8, 4) is 0 Å². The van der Waals surface area contributed by atoms with Crippen molar-refractivity contribution >= 4 is 10.3 Å². The predicted octanol–water partition coefficient (Wildman–Crippen LogP) is 0.395. The fourth-order valence-electron chi connectivity index (χ4n) is 1.10. The van der Waals surface area contributed by atoms with Crippen molar-refractivity contribution in [2.24, 2.45) is 11.1 Å². The second-order valence-corrected chi connectivity index (χ2v) is 4.54. The standard InChI is InChI=1S/C8H19NO4S/c1-2-3-4-5-8(6-10)7-13-14(9,11)12/h8,10H,2-7H2,1H3,(H2,9,11,12)/t8-/m0/s1. The average Bonchev–Trinajstić information content (AvgIpc) is 2.09. The Hall–Kier alpha value is -0.170. The molecule has 0 bridgehead atoms. The van der Waals surface area contributed by atoms with Crippen LogP contribution in [0.5, 0.6) is 0 Å². The lowest BCUT2D eigenvalue weighted by molar-refractivity contribution is 0.157. The van der Waals surface area contributed by atoms with E-state index in [9.17, 15) is 8.42 Å². The molecule has 0 aromatic heterocycles. The highest BCUT2D eigenvalue weighted by molar-refractivity contribution is 7.84. The van der Waals surface area contributed by atoms with E-state index in [-0.39, 0.29) is 19.1 Å². The minimum Gasteiger partial charge on any atom is -0.396 e. The average molecular weight is 225 g/mol. The Morgan fingerprint density at radius 3 is 2.50 bits per heavy atom. The van der Waals surface area contributed by atoms with Crippen molar-refractivity contribution in [2.75, 3.05) is 13.2 Å². The molecule has 5 nitrogen and oxygen atoms in total. The van der Waals surface area contributed by atoms with Gasteiger partial charge >= 0.3 is 10.3 Å². The van der Waals surface area contributed by atoms with Crippen LogP contribution in [0, 0.1) is 5.92 Å². The minimum absolute atomic E-state index is 0.0287. The van der Waals surface area contributed by atoms with E-state index in [0.717, 1.165) is 25.7 Å². The first-order valence-electron chi connectivity index (χ1n) is 4.77. The molecule has 0 radical (unpaired) electrons. The monoisotopic (exact) mass is 225 g/mol. The summed E-state index contributed by atoms with van der Waals surface area (Å²) >= 11 is 0. The maximum Gasteiger partial charge on any atom is 0.333 e. The Labute approximate surface area is 85.5 Å². The fraction of sp³-hybridized carbons (Fsp3) is 1.00. The number of aliphatic hydroxyl groups excluding tert-OH is 1. The number of hydrogen-bond acceptors (Lipinski definition) is 4. The first-order chi connectivity index (χ1) is 6.49. The fourth-order valence-corrected chi connectivity index (χ4v) is 1.48. The summed E-state index contributed by atoms with van der Waals surface area (Å²) in [5.41, 5.74) is 0. The van der Waals surface area contributed by atoms with Crippen molar-refractivity contribution < 1.29 is 17.7 Å². The topological polar surface area (TPSA) is 89.6 Å². The lowest BCUT2D eigenvalue weighted by Gasteiger charge is -2.12. The van der Waals surface area contributed by atoms with Crippen molar-refractivity contribution in [1.82, 2.24) is 0 Å². The van der Waals surface area contributed by atoms with Crippen LogP contribution in [0.3, 0.4) is 0 Å². The van der Waals surface area contributed by atoms with Gasteiger partial charge in [0, 0.05) is 12.5 Å². The molecule has 86 valence electrons. The Balaban J connectivity index is 3.69. The zero-order chi connectivity index (χ0) is 11.0. The van der Waals surface area contributed by atoms with Gasteiger partial charge in [0.25, 0.3) is 0 Å². The summed E-state index contributed by atoms with van der Waals surface area (Å²) in [5, 5.41) is 13.6. The molecule has 6 heteroatoms. The molecule has 0 rings (SSSR count). The van der Waals surface area contributed by atoms with E-state index < -0.39 is 10.3 Å². The van der Waals surface area contributed by atoms with E-state index in [2.05, 4.69) is 16.2 Å². The van der Waals surface area contributed by atoms with Gasteiger partial charge in [0.05, 0.1) is 6.61 Å². The zero-order valence-electron chi connectivity index (χ0n) is 8.48. The van der Waals surface area contributed by atoms with Gasteiger partial charge in [-0.1, -0.05) is 26.2 Å². The highest BCUT2D eigenvalue weighted by atomic mass is 32.2. The molecule has 14 heavy (non-hydrogen) atoms. The van der Waals surface area contributed by atoms with Gasteiger partial charge < -0.3 is 5.11 Å². The van der Waals surface area contributed by atoms with Crippen molar-refractivity contribution in [3.63, 3.8) is 0 Å². The Morgan fingerprint density at radius 2 is 2.07 bits per heavy atom. The highest BCUT2D eigenvalue weighted by Gasteiger charge is 2.11. The second kappa shape index (κ2) is 7.17. The van der Waals surface area contributed by atoms with Gasteiger partial charge in [-0.2, -0.15) is 8.42 Å². The largest absolute Gasteiger partial charge is 0.396 e. The Bertz CT molecular complexity index is 227. The normalized spacial score (nSPS) is 14.2. The van der Waals surface area contributed by atoms with Crippen LogP contribution in [0.2, 0.25) is 0 Å². The third-order valence-corrected chi connectivity index (χ3v) is 2.41. The lowest BCUT2D eigenvalue weighted by atomic mass is 10.0. The number of unbranched alkanes of at least 4 members (excludes halogenated alkanes) is 2. The molecule has 0 aliphatic carbocycles. The molecule has 0 aromatic carbocycles. The summed E-state index contributed by atoms with van der Waals surface area (Å²) in [4.78, 5) is 0. The number of aliphatic hydroxyl groups is 1. The highest BCUT2D eigenvalue weighted by Crippen LogP contribution is 2.10. The van der Waals surface area contributed by atoms with Gasteiger partial charge in [-0.3, -0.25) is 4.18 Å². The molecule has 0 saturated heterocycles. The molecule has 1 atom stereocenters. The molecule has 0 fully saturated rings.